The summed E-state index contributed by atoms with van der Waals surface area (Å²) in [6, 6.07) is 16.8. The Morgan fingerprint density at radius 1 is 0.895 bits per heavy atom. The molecule has 1 aliphatic rings. The number of hydrogen-bond donors (Lipinski definition) is 2. The van der Waals surface area contributed by atoms with E-state index in [2.05, 4.69) is 15.6 Å². The number of fused-ring (bicyclic) bond motifs is 1. The van der Waals surface area contributed by atoms with Gasteiger partial charge in [0.15, 0.2) is 5.69 Å². The van der Waals surface area contributed by atoms with Gasteiger partial charge < -0.3 is 24.3 Å². The van der Waals surface area contributed by atoms with Gasteiger partial charge in [-0.25, -0.2) is 4.98 Å². The Balaban J connectivity index is 1.42. The molecule has 0 bridgehead atoms. The van der Waals surface area contributed by atoms with E-state index in [1.54, 1.807) is 31.3 Å². The second-order valence-corrected chi connectivity index (χ2v) is 10.6. The van der Waals surface area contributed by atoms with Crippen molar-refractivity contribution in [3.05, 3.63) is 83.9 Å². The van der Waals surface area contributed by atoms with Crippen LogP contribution in [0.1, 0.15) is 54.2 Å². The quantitative estimate of drug-likeness (QED) is 0.392. The van der Waals surface area contributed by atoms with Crippen LogP contribution in [0.5, 0.6) is 0 Å². The molecule has 0 atom stereocenters. The number of benzene rings is 2. The van der Waals surface area contributed by atoms with Crippen molar-refractivity contribution in [2.24, 2.45) is 0 Å². The maximum Gasteiger partial charge on any atom is 0.494 e. The number of carbonyl (C=O) groups is 2. The molecule has 2 aromatic carbocycles. The van der Waals surface area contributed by atoms with Crippen LogP contribution in [0.3, 0.4) is 0 Å². The molecule has 1 aliphatic heterocycles. The van der Waals surface area contributed by atoms with E-state index in [4.69, 9.17) is 9.31 Å². The Labute approximate surface area is 222 Å². The van der Waals surface area contributed by atoms with Crippen LogP contribution in [0.15, 0.2) is 67.0 Å². The fourth-order valence-corrected chi connectivity index (χ4v) is 4.45. The maximum absolute atomic E-state index is 13.3. The van der Waals surface area contributed by atoms with Gasteiger partial charge in [-0.1, -0.05) is 30.3 Å². The number of anilines is 1. The van der Waals surface area contributed by atoms with Gasteiger partial charge >= 0.3 is 7.12 Å². The van der Waals surface area contributed by atoms with E-state index >= 15 is 0 Å². The van der Waals surface area contributed by atoms with Crippen LogP contribution in [0, 0.1) is 6.92 Å². The predicted octanol–water partition coefficient (Wildman–Crippen LogP) is 4.22. The molecule has 9 heteroatoms. The highest BCUT2D eigenvalue weighted by Gasteiger charge is 2.51. The highest BCUT2D eigenvalue weighted by Crippen LogP contribution is 2.36. The van der Waals surface area contributed by atoms with E-state index < -0.39 is 18.3 Å². The third-order valence-corrected chi connectivity index (χ3v) is 7.30. The number of nitrogens with zero attached hydrogens (tertiary/aromatic N) is 2. The number of nitrogens with one attached hydrogen (secondary N) is 2. The molecule has 0 aliphatic carbocycles. The molecule has 2 aromatic heterocycles. The van der Waals surface area contributed by atoms with Gasteiger partial charge in [-0.2, -0.15) is 0 Å². The Hall–Kier alpha value is -3.95. The minimum Gasteiger partial charge on any atom is -0.399 e. The van der Waals surface area contributed by atoms with Gasteiger partial charge in [0.2, 0.25) is 0 Å². The molecule has 4 aromatic rings. The molecule has 0 saturated carbocycles. The van der Waals surface area contributed by atoms with Crippen LogP contribution in [0.2, 0.25) is 0 Å². The first-order valence-corrected chi connectivity index (χ1v) is 12.6. The predicted molar refractivity (Wildman–Crippen MR) is 149 cm³/mol. The molecule has 2 N–H and O–H groups in total. The number of carbonyl (C=O) groups excluding carboxylic acids is 2. The Morgan fingerprint density at radius 3 is 2.24 bits per heavy atom. The van der Waals surface area contributed by atoms with Crippen LogP contribution >= 0.6 is 0 Å². The highest BCUT2D eigenvalue weighted by atomic mass is 16.7. The fraction of sp³-hybridized carbons (Fsp3) is 0.276. The summed E-state index contributed by atoms with van der Waals surface area (Å²) in [5.41, 5.74) is 4.77. The average Bonchev–Trinajstić information content (AvgIpc) is 3.40. The van der Waals surface area contributed by atoms with E-state index in [0.717, 1.165) is 16.6 Å². The van der Waals surface area contributed by atoms with E-state index in [1.165, 1.54) is 0 Å². The molecule has 0 unspecified atom stereocenters. The van der Waals surface area contributed by atoms with Gasteiger partial charge in [-0.3, -0.25) is 9.59 Å². The molecule has 0 radical (unpaired) electrons. The second-order valence-electron chi connectivity index (χ2n) is 10.6. The minimum absolute atomic E-state index is 0.224. The zero-order valence-corrected chi connectivity index (χ0v) is 22.5. The minimum atomic E-state index is -0.425. The van der Waals surface area contributed by atoms with Crippen molar-refractivity contribution in [1.29, 1.82) is 0 Å². The molecule has 2 amide bonds. The van der Waals surface area contributed by atoms with E-state index in [9.17, 15) is 9.59 Å². The molecule has 8 nitrogen and oxygen atoms in total. The third kappa shape index (κ3) is 4.71. The van der Waals surface area contributed by atoms with Gasteiger partial charge in [0.25, 0.3) is 11.8 Å². The summed E-state index contributed by atoms with van der Waals surface area (Å²) < 4.78 is 14.3. The van der Waals surface area contributed by atoms with Gasteiger partial charge in [-0.15, -0.1) is 0 Å². The Bertz CT molecular complexity index is 1530. The lowest BCUT2D eigenvalue weighted by Gasteiger charge is -2.32. The van der Waals surface area contributed by atoms with Crippen molar-refractivity contribution >= 4 is 35.6 Å². The lowest BCUT2D eigenvalue weighted by Crippen LogP contribution is -2.41. The monoisotopic (exact) mass is 510 g/mol. The van der Waals surface area contributed by atoms with Crippen molar-refractivity contribution < 1.29 is 18.9 Å². The zero-order chi connectivity index (χ0) is 27.2. The van der Waals surface area contributed by atoms with Gasteiger partial charge in [-0.05, 0) is 69.9 Å². The Morgan fingerprint density at radius 2 is 1.58 bits per heavy atom. The lowest BCUT2D eigenvalue weighted by atomic mass is 9.78. The zero-order valence-electron chi connectivity index (χ0n) is 22.5. The Kier molecular flexibility index (Phi) is 6.37. The molecule has 38 heavy (non-hydrogen) atoms. The van der Waals surface area contributed by atoms with Crippen LogP contribution in [-0.4, -0.2) is 46.6 Å². The first kappa shape index (κ1) is 25.7. The van der Waals surface area contributed by atoms with E-state index in [0.29, 0.717) is 28.2 Å². The highest BCUT2D eigenvalue weighted by molar-refractivity contribution is 6.62. The van der Waals surface area contributed by atoms with Crippen molar-refractivity contribution in [2.45, 2.75) is 45.8 Å². The summed E-state index contributed by atoms with van der Waals surface area (Å²) in [7, 11) is 1.14. The number of hydrogen-bond acceptors (Lipinski definition) is 5. The number of aromatic nitrogens is 2. The largest absolute Gasteiger partial charge is 0.494 e. The SMILES string of the molecule is CNC(=O)c1cccc(NC(=O)c2nc(C)cn3cc(-c4ccc(B5OC(C)(C)C(C)(C)O5)cc4)cc23)c1. The molecule has 3 heterocycles. The van der Waals surface area contributed by atoms with Crippen molar-refractivity contribution in [2.75, 3.05) is 12.4 Å². The van der Waals surface area contributed by atoms with Crippen LogP contribution in [-0.2, 0) is 9.31 Å². The topological polar surface area (TPSA) is 94.0 Å². The average molecular weight is 510 g/mol. The molecule has 5 rings (SSSR count). The van der Waals surface area contributed by atoms with Crippen LogP contribution < -0.4 is 16.1 Å². The summed E-state index contributed by atoms with van der Waals surface area (Å²) in [5, 5.41) is 5.46. The summed E-state index contributed by atoms with van der Waals surface area (Å²) in [6.45, 7) is 10.0. The summed E-state index contributed by atoms with van der Waals surface area (Å²) >= 11 is 0. The number of amides is 2. The standard InChI is InChI=1S/C29H31BN4O4/c1-18-16-34-17-21(19-10-12-22(13-11-19)30-37-28(2,3)29(4,5)38-30)15-24(34)25(32-18)27(36)33-23-9-7-8-20(14-23)26(35)31-6/h7-17H,1-6H3,(H,31,35)(H,33,36). The molecule has 1 saturated heterocycles. The van der Waals surface area contributed by atoms with E-state index in [-0.39, 0.29) is 11.8 Å². The van der Waals surface area contributed by atoms with Gasteiger partial charge in [0.05, 0.1) is 22.4 Å². The first-order valence-electron chi connectivity index (χ1n) is 12.6. The van der Waals surface area contributed by atoms with Crippen molar-refractivity contribution in [3.63, 3.8) is 0 Å². The van der Waals surface area contributed by atoms with Gasteiger partial charge in [0, 0.05) is 36.3 Å². The molecular formula is C29H31BN4O4. The maximum atomic E-state index is 13.3. The van der Waals surface area contributed by atoms with E-state index in [1.807, 2.05) is 81.7 Å². The van der Waals surface area contributed by atoms with Crippen molar-refractivity contribution in [3.8, 4) is 11.1 Å². The second kappa shape index (κ2) is 9.42. The smallest absolute Gasteiger partial charge is 0.399 e. The number of aryl methyl sites for hydroxylation is 1. The summed E-state index contributed by atoms with van der Waals surface area (Å²) in [4.78, 5) is 29.8. The summed E-state index contributed by atoms with van der Waals surface area (Å²) in [5.74, 6) is -0.577. The normalized spacial score (nSPS) is 16.0. The summed E-state index contributed by atoms with van der Waals surface area (Å²) in [6.07, 6.45) is 3.87. The number of rotatable bonds is 5. The fourth-order valence-electron chi connectivity index (χ4n) is 4.45. The molecular weight excluding hydrogens is 479 g/mol. The van der Waals surface area contributed by atoms with Crippen LogP contribution in [0.4, 0.5) is 5.69 Å². The van der Waals surface area contributed by atoms with Gasteiger partial charge in [0.1, 0.15) is 0 Å². The van der Waals surface area contributed by atoms with Crippen LogP contribution in [0.25, 0.3) is 16.6 Å². The first-order chi connectivity index (χ1) is 18.0. The molecule has 0 spiro atoms. The lowest BCUT2D eigenvalue weighted by molar-refractivity contribution is 0.00578. The van der Waals surface area contributed by atoms with Crippen molar-refractivity contribution in [1.82, 2.24) is 14.7 Å². The molecule has 194 valence electrons. The third-order valence-electron chi connectivity index (χ3n) is 7.30. The molecule has 1 fully saturated rings.